The smallest absolute Gasteiger partial charge is 0.369 e. The second-order valence-corrected chi connectivity index (χ2v) is 9.24. The van der Waals surface area contributed by atoms with Crippen molar-refractivity contribution in [3.63, 3.8) is 0 Å². The zero-order chi connectivity index (χ0) is 29.8. The van der Waals surface area contributed by atoms with Crippen molar-refractivity contribution in [2.75, 3.05) is 11.9 Å². The fraction of sp³-hybridized carbons (Fsp3) is 0.385. The number of halogens is 7. The van der Waals surface area contributed by atoms with Gasteiger partial charge in [-0.2, -0.15) is 26.3 Å². The van der Waals surface area contributed by atoms with Crippen LogP contribution < -0.4 is 16.0 Å². The molecule has 1 aliphatic rings. The number of carbonyl (C=O) groups excluding carboxylic acids is 3. The Bertz CT molecular complexity index is 1280. The third-order valence-corrected chi connectivity index (χ3v) is 6.39. The van der Waals surface area contributed by atoms with Gasteiger partial charge in [-0.1, -0.05) is 30.3 Å². The average molecular weight is 574 g/mol. The SMILES string of the molecule is CN1C(=O)C(NC(=O)[C@H](CCC(F)(F)F)[C@H](CCC(F)(F)F)C(N)=O)N=C(c2ccccc2)c2ccc(F)cc21. The highest BCUT2D eigenvalue weighted by Crippen LogP contribution is 2.33. The van der Waals surface area contributed by atoms with Crippen molar-refractivity contribution in [3.8, 4) is 0 Å². The number of likely N-dealkylation sites (N-methyl/N-ethyl adjacent to an activating group) is 1. The lowest BCUT2D eigenvalue weighted by atomic mass is 9.83. The zero-order valence-corrected chi connectivity index (χ0v) is 21.0. The van der Waals surface area contributed by atoms with Crippen LogP contribution in [-0.2, 0) is 14.4 Å². The Hall–Kier alpha value is -3.97. The molecule has 3 atom stereocenters. The van der Waals surface area contributed by atoms with E-state index >= 15 is 0 Å². The summed E-state index contributed by atoms with van der Waals surface area (Å²) in [5.74, 6) is -8.16. The van der Waals surface area contributed by atoms with Crippen molar-refractivity contribution in [2.24, 2.45) is 22.6 Å². The molecule has 0 bridgehead atoms. The number of benzodiazepines with no additional fused rings is 1. The maximum absolute atomic E-state index is 14.1. The van der Waals surface area contributed by atoms with Gasteiger partial charge in [-0.05, 0) is 31.0 Å². The molecule has 3 amide bonds. The van der Waals surface area contributed by atoms with Crippen LogP contribution in [0, 0.1) is 17.7 Å². The van der Waals surface area contributed by atoms with Gasteiger partial charge in [0.25, 0.3) is 5.91 Å². The van der Waals surface area contributed by atoms with Crippen molar-refractivity contribution < 1.29 is 45.1 Å². The molecule has 0 radical (unpaired) electrons. The summed E-state index contributed by atoms with van der Waals surface area (Å²) in [5, 5.41) is 2.19. The minimum Gasteiger partial charge on any atom is -0.369 e. The number of primary amides is 1. The van der Waals surface area contributed by atoms with Crippen molar-refractivity contribution in [2.45, 2.75) is 44.2 Å². The first-order valence-corrected chi connectivity index (χ1v) is 12.0. The van der Waals surface area contributed by atoms with Crippen molar-refractivity contribution in [1.82, 2.24) is 5.32 Å². The monoisotopic (exact) mass is 574 g/mol. The number of fused-ring (bicyclic) bond motifs is 1. The van der Waals surface area contributed by atoms with Crippen LogP contribution in [0.4, 0.5) is 36.4 Å². The molecular formula is C26H25F7N4O3. The van der Waals surface area contributed by atoms with Gasteiger partial charge in [-0.25, -0.2) is 9.38 Å². The highest BCUT2D eigenvalue weighted by Gasteiger charge is 2.41. The number of alkyl halides is 6. The number of anilines is 1. The van der Waals surface area contributed by atoms with Crippen LogP contribution in [0.15, 0.2) is 53.5 Å². The number of nitrogens with one attached hydrogen (secondary N) is 1. The molecule has 216 valence electrons. The fourth-order valence-electron chi connectivity index (χ4n) is 4.40. The van der Waals surface area contributed by atoms with Gasteiger partial charge in [0.1, 0.15) is 5.82 Å². The molecule has 0 saturated carbocycles. The van der Waals surface area contributed by atoms with E-state index in [0.29, 0.717) is 11.1 Å². The summed E-state index contributed by atoms with van der Waals surface area (Å²) < 4.78 is 91.8. The van der Waals surface area contributed by atoms with Crippen molar-refractivity contribution in [3.05, 3.63) is 65.5 Å². The molecule has 1 heterocycles. The highest BCUT2D eigenvalue weighted by molar-refractivity contribution is 6.20. The lowest BCUT2D eigenvalue weighted by Crippen LogP contribution is -2.50. The number of nitrogens with two attached hydrogens (primary N) is 1. The summed E-state index contributed by atoms with van der Waals surface area (Å²) in [5.41, 5.74) is 6.18. The predicted octanol–water partition coefficient (Wildman–Crippen LogP) is 4.48. The van der Waals surface area contributed by atoms with Gasteiger partial charge in [0.2, 0.25) is 18.0 Å². The first kappa shape index (κ1) is 30.6. The van der Waals surface area contributed by atoms with E-state index in [2.05, 4.69) is 10.3 Å². The summed E-state index contributed by atoms with van der Waals surface area (Å²) in [6, 6.07) is 11.8. The Kier molecular flexibility index (Phi) is 9.21. The summed E-state index contributed by atoms with van der Waals surface area (Å²) in [4.78, 5) is 43.9. The molecule has 0 spiro atoms. The van der Waals surface area contributed by atoms with E-state index in [1.807, 2.05) is 0 Å². The molecule has 0 saturated heterocycles. The molecule has 1 aliphatic heterocycles. The number of aliphatic imine (C=N–C) groups is 1. The van der Waals surface area contributed by atoms with E-state index in [-0.39, 0.29) is 11.4 Å². The van der Waals surface area contributed by atoms with Crippen LogP contribution in [0.1, 0.15) is 36.8 Å². The van der Waals surface area contributed by atoms with E-state index < -0.39 is 79.6 Å². The minimum atomic E-state index is -4.80. The van der Waals surface area contributed by atoms with E-state index in [1.165, 1.54) is 13.1 Å². The third kappa shape index (κ3) is 7.79. The maximum Gasteiger partial charge on any atom is 0.389 e. The minimum absolute atomic E-state index is 0.0816. The predicted molar refractivity (Wildman–Crippen MR) is 131 cm³/mol. The Morgan fingerprint density at radius 2 is 1.55 bits per heavy atom. The fourth-order valence-corrected chi connectivity index (χ4v) is 4.40. The third-order valence-electron chi connectivity index (χ3n) is 6.39. The van der Waals surface area contributed by atoms with E-state index in [4.69, 9.17) is 5.73 Å². The second kappa shape index (κ2) is 12.0. The van der Waals surface area contributed by atoms with Crippen LogP contribution in [0.5, 0.6) is 0 Å². The van der Waals surface area contributed by atoms with E-state index in [9.17, 15) is 45.1 Å². The highest BCUT2D eigenvalue weighted by atomic mass is 19.4. The molecule has 7 nitrogen and oxygen atoms in total. The lowest BCUT2D eigenvalue weighted by Gasteiger charge is -2.27. The number of nitrogens with zero attached hydrogens (tertiary/aromatic N) is 2. The van der Waals surface area contributed by atoms with Crippen LogP contribution in [0.2, 0.25) is 0 Å². The second-order valence-electron chi connectivity index (χ2n) is 9.24. The number of carbonyl (C=O) groups is 3. The lowest BCUT2D eigenvalue weighted by molar-refractivity contribution is -0.152. The molecular weight excluding hydrogens is 549 g/mol. The van der Waals surface area contributed by atoms with Crippen LogP contribution in [0.3, 0.4) is 0 Å². The van der Waals surface area contributed by atoms with E-state index in [1.54, 1.807) is 30.3 Å². The molecule has 0 aromatic heterocycles. The summed E-state index contributed by atoms with van der Waals surface area (Å²) in [7, 11) is 1.26. The molecule has 3 rings (SSSR count). The summed E-state index contributed by atoms with van der Waals surface area (Å²) in [6.45, 7) is 0. The van der Waals surface area contributed by atoms with Gasteiger partial charge < -0.3 is 16.0 Å². The van der Waals surface area contributed by atoms with E-state index in [0.717, 1.165) is 17.0 Å². The van der Waals surface area contributed by atoms with Gasteiger partial charge in [-0.15, -0.1) is 0 Å². The Balaban J connectivity index is 2.03. The van der Waals surface area contributed by atoms with Crippen LogP contribution in [-0.4, -0.2) is 49.0 Å². The van der Waals surface area contributed by atoms with Gasteiger partial charge >= 0.3 is 12.4 Å². The quantitative estimate of drug-likeness (QED) is 0.432. The van der Waals surface area contributed by atoms with Crippen LogP contribution in [0.25, 0.3) is 0 Å². The van der Waals surface area contributed by atoms with Crippen molar-refractivity contribution >= 4 is 29.1 Å². The normalized spacial score (nSPS) is 17.4. The maximum atomic E-state index is 14.1. The number of amides is 3. The number of rotatable bonds is 9. The Labute approximate surface area is 224 Å². The first-order chi connectivity index (χ1) is 18.6. The molecule has 40 heavy (non-hydrogen) atoms. The topological polar surface area (TPSA) is 105 Å². The van der Waals surface area contributed by atoms with Crippen LogP contribution >= 0.6 is 0 Å². The largest absolute Gasteiger partial charge is 0.389 e. The Morgan fingerprint density at radius 1 is 0.975 bits per heavy atom. The number of hydrogen-bond donors (Lipinski definition) is 2. The average Bonchev–Trinajstić information content (AvgIpc) is 2.95. The summed E-state index contributed by atoms with van der Waals surface area (Å²) >= 11 is 0. The molecule has 2 aromatic rings. The molecule has 14 heteroatoms. The number of benzene rings is 2. The molecule has 1 unspecified atom stereocenters. The summed E-state index contributed by atoms with van der Waals surface area (Å²) in [6.07, 6.45) is -16.6. The first-order valence-electron chi connectivity index (χ1n) is 12.0. The molecule has 3 N–H and O–H groups in total. The van der Waals surface area contributed by atoms with Gasteiger partial charge in [0.15, 0.2) is 0 Å². The molecule has 0 fully saturated rings. The molecule has 0 aliphatic carbocycles. The zero-order valence-electron chi connectivity index (χ0n) is 21.0. The van der Waals surface area contributed by atoms with Gasteiger partial charge in [-0.3, -0.25) is 14.4 Å². The Morgan fingerprint density at radius 3 is 2.10 bits per heavy atom. The standard InChI is InChI=1S/C26H25F7N4O3/c1-37-19-13-15(27)7-8-18(19)20(14-5-3-2-4-6-14)35-22(24(37)40)36-23(39)17(10-12-26(31,32)33)16(21(34)38)9-11-25(28,29)30/h2-8,13,16-17,22H,9-12H2,1H3,(H2,34,38)(H,36,39)/t16-,17+,22?/m0/s1. The van der Waals surface area contributed by atoms with Gasteiger partial charge in [0.05, 0.1) is 11.4 Å². The van der Waals surface area contributed by atoms with Crippen molar-refractivity contribution in [1.29, 1.82) is 0 Å². The number of hydrogen-bond acceptors (Lipinski definition) is 4. The molecule has 2 aromatic carbocycles. The van der Waals surface area contributed by atoms with Gasteiger partial charge in [0, 0.05) is 42.9 Å².